The Morgan fingerprint density at radius 1 is 1.33 bits per heavy atom. The molecule has 1 saturated heterocycles. The van der Waals surface area contributed by atoms with Crippen molar-refractivity contribution < 1.29 is 14.3 Å². The van der Waals surface area contributed by atoms with Crippen molar-refractivity contribution in [3.63, 3.8) is 0 Å². The fourth-order valence-electron chi connectivity index (χ4n) is 2.58. The highest BCUT2D eigenvalue weighted by Gasteiger charge is 2.18. The summed E-state index contributed by atoms with van der Waals surface area (Å²) in [4.78, 5) is 25.3. The third-order valence-corrected chi connectivity index (χ3v) is 4.16. The van der Waals surface area contributed by atoms with Gasteiger partial charge < -0.3 is 14.2 Å². The van der Waals surface area contributed by atoms with Gasteiger partial charge in [0.1, 0.15) is 6.54 Å². The van der Waals surface area contributed by atoms with E-state index in [1.54, 1.807) is 11.1 Å². The third kappa shape index (κ3) is 2.87. The second kappa shape index (κ2) is 5.99. The molecule has 1 aromatic heterocycles. The average Bonchev–Trinajstić information content (AvgIpc) is 2.85. The second-order valence-corrected chi connectivity index (χ2v) is 5.90. The van der Waals surface area contributed by atoms with Gasteiger partial charge in [-0.3, -0.25) is 9.59 Å². The smallest absolute Gasteiger partial charge is 0.242 e. The normalized spacial score (nSPS) is 15.4. The number of carbonyl (C=O) groups is 2. The molecule has 0 spiro atoms. The lowest BCUT2D eigenvalue weighted by atomic mass is 10.2. The number of carbonyl (C=O) groups excluding carboxylic acids is 2. The molecular formula is C15H15BrN2O3. The van der Waals surface area contributed by atoms with Gasteiger partial charge in [-0.2, -0.15) is 0 Å². The molecule has 0 N–H and O–H groups in total. The average molecular weight is 351 g/mol. The Hall–Kier alpha value is -1.66. The zero-order valence-electron chi connectivity index (χ0n) is 11.4. The van der Waals surface area contributed by atoms with Crippen molar-refractivity contribution in [1.82, 2.24) is 9.47 Å². The van der Waals surface area contributed by atoms with Crippen LogP contribution in [0, 0.1) is 0 Å². The summed E-state index contributed by atoms with van der Waals surface area (Å²) in [6.07, 6.45) is 2.56. The van der Waals surface area contributed by atoms with Crippen LogP contribution in [0.5, 0.6) is 0 Å². The molecule has 21 heavy (non-hydrogen) atoms. The lowest BCUT2D eigenvalue weighted by molar-refractivity contribution is -0.135. The molecule has 3 rings (SSSR count). The van der Waals surface area contributed by atoms with E-state index in [4.69, 9.17) is 4.74 Å². The lowest BCUT2D eigenvalue weighted by Crippen LogP contribution is -2.42. The van der Waals surface area contributed by atoms with E-state index in [0.717, 1.165) is 21.7 Å². The first kappa shape index (κ1) is 14.3. The standard InChI is InChI=1S/C15H15BrN2O3/c16-12-1-2-14-13(7-12)11(10-19)8-18(14)9-15(20)17-3-5-21-6-4-17/h1-2,7-8,10H,3-6,9H2. The first-order valence-corrected chi connectivity index (χ1v) is 7.57. The van der Waals surface area contributed by atoms with Gasteiger partial charge >= 0.3 is 0 Å². The van der Waals surface area contributed by atoms with Gasteiger partial charge in [0.05, 0.1) is 13.2 Å². The zero-order chi connectivity index (χ0) is 14.8. The number of aromatic nitrogens is 1. The number of rotatable bonds is 3. The molecule has 1 aliphatic heterocycles. The SMILES string of the molecule is O=Cc1cn(CC(=O)N2CCOCC2)c2ccc(Br)cc12. The molecule has 0 aliphatic carbocycles. The van der Waals surface area contributed by atoms with Crippen molar-refractivity contribution >= 4 is 39.0 Å². The summed E-state index contributed by atoms with van der Waals surface area (Å²) in [6.45, 7) is 2.68. The topological polar surface area (TPSA) is 51.5 Å². The number of benzene rings is 1. The summed E-state index contributed by atoms with van der Waals surface area (Å²) < 4.78 is 8.00. The number of nitrogens with zero attached hydrogens (tertiary/aromatic N) is 2. The van der Waals surface area contributed by atoms with Crippen LogP contribution in [0.15, 0.2) is 28.9 Å². The summed E-state index contributed by atoms with van der Waals surface area (Å²) in [5.41, 5.74) is 1.49. The van der Waals surface area contributed by atoms with E-state index in [0.29, 0.717) is 31.9 Å². The van der Waals surface area contributed by atoms with Gasteiger partial charge in [-0.25, -0.2) is 0 Å². The molecule has 0 radical (unpaired) electrons. The maximum atomic E-state index is 12.3. The van der Waals surface area contributed by atoms with Crippen LogP contribution < -0.4 is 0 Å². The second-order valence-electron chi connectivity index (χ2n) is 4.98. The van der Waals surface area contributed by atoms with E-state index in [2.05, 4.69) is 15.9 Å². The monoisotopic (exact) mass is 350 g/mol. The van der Waals surface area contributed by atoms with Gasteiger partial charge in [-0.05, 0) is 18.2 Å². The van der Waals surface area contributed by atoms with E-state index in [9.17, 15) is 9.59 Å². The zero-order valence-corrected chi connectivity index (χ0v) is 13.0. The van der Waals surface area contributed by atoms with Crippen LogP contribution >= 0.6 is 15.9 Å². The number of aldehydes is 1. The van der Waals surface area contributed by atoms with Crippen LogP contribution in [0.3, 0.4) is 0 Å². The summed E-state index contributed by atoms with van der Waals surface area (Å²) in [5, 5.41) is 0.856. The Balaban J connectivity index is 1.89. The van der Waals surface area contributed by atoms with E-state index < -0.39 is 0 Å². The minimum Gasteiger partial charge on any atom is -0.378 e. The van der Waals surface area contributed by atoms with E-state index in [1.165, 1.54) is 0 Å². The Labute approximate surface area is 130 Å². The van der Waals surface area contributed by atoms with Crippen molar-refractivity contribution in [3.8, 4) is 0 Å². The summed E-state index contributed by atoms with van der Waals surface area (Å²) in [6, 6.07) is 5.72. The molecule has 2 aromatic rings. The van der Waals surface area contributed by atoms with Crippen LogP contribution in [-0.2, 0) is 16.1 Å². The molecule has 0 saturated carbocycles. The quantitative estimate of drug-likeness (QED) is 0.796. The van der Waals surface area contributed by atoms with Crippen LogP contribution in [0.2, 0.25) is 0 Å². The molecule has 110 valence electrons. The highest BCUT2D eigenvalue weighted by atomic mass is 79.9. The molecule has 6 heteroatoms. The Morgan fingerprint density at radius 3 is 2.81 bits per heavy atom. The van der Waals surface area contributed by atoms with Gasteiger partial charge in [0.15, 0.2) is 6.29 Å². The van der Waals surface area contributed by atoms with Gasteiger partial charge in [0.2, 0.25) is 5.91 Å². The van der Waals surface area contributed by atoms with Crippen molar-refractivity contribution in [1.29, 1.82) is 0 Å². The number of hydrogen-bond donors (Lipinski definition) is 0. The minimum absolute atomic E-state index is 0.0515. The molecule has 0 unspecified atom stereocenters. The number of morpholine rings is 1. The largest absolute Gasteiger partial charge is 0.378 e. The summed E-state index contributed by atoms with van der Waals surface area (Å²) in [5.74, 6) is 0.0515. The number of fused-ring (bicyclic) bond motifs is 1. The van der Waals surface area contributed by atoms with E-state index in [1.807, 2.05) is 22.8 Å². The molecule has 0 bridgehead atoms. The fourth-order valence-corrected chi connectivity index (χ4v) is 2.94. The molecule has 1 fully saturated rings. The van der Waals surface area contributed by atoms with Gasteiger partial charge in [0.25, 0.3) is 0 Å². The molecule has 2 heterocycles. The highest BCUT2D eigenvalue weighted by molar-refractivity contribution is 9.10. The summed E-state index contributed by atoms with van der Waals surface area (Å²) >= 11 is 3.40. The van der Waals surface area contributed by atoms with Crippen LogP contribution in [-0.4, -0.2) is 48.0 Å². The third-order valence-electron chi connectivity index (χ3n) is 3.67. The number of halogens is 1. The van der Waals surface area contributed by atoms with E-state index >= 15 is 0 Å². The maximum absolute atomic E-state index is 12.3. The first-order valence-electron chi connectivity index (χ1n) is 6.78. The predicted molar refractivity (Wildman–Crippen MR) is 82.4 cm³/mol. The predicted octanol–water partition coefficient (Wildman–Crippen LogP) is 2.08. The molecule has 1 aromatic carbocycles. The number of amides is 1. The molecule has 5 nitrogen and oxygen atoms in total. The highest BCUT2D eigenvalue weighted by Crippen LogP contribution is 2.24. The molecular weight excluding hydrogens is 336 g/mol. The van der Waals surface area contributed by atoms with Crippen molar-refractivity contribution in [2.45, 2.75) is 6.54 Å². The molecule has 1 amide bonds. The van der Waals surface area contributed by atoms with Crippen LogP contribution in [0.1, 0.15) is 10.4 Å². The van der Waals surface area contributed by atoms with Crippen LogP contribution in [0.4, 0.5) is 0 Å². The molecule has 1 aliphatic rings. The van der Waals surface area contributed by atoms with Gasteiger partial charge in [-0.1, -0.05) is 15.9 Å². The van der Waals surface area contributed by atoms with Gasteiger partial charge in [0, 0.05) is 40.2 Å². The van der Waals surface area contributed by atoms with Crippen molar-refractivity contribution in [3.05, 3.63) is 34.4 Å². The summed E-state index contributed by atoms with van der Waals surface area (Å²) in [7, 11) is 0. The Bertz CT molecular complexity index is 690. The first-order chi connectivity index (χ1) is 10.2. The molecule has 0 atom stereocenters. The maximum Gasteiger partial charge on any atom is 0.242 e. The number of ether oxygens (including phenoxy) is 1. The fraction of sp³-hybridized carbons (Fsp3) is 0.333. The number of hydrogen-bond acceptors (Lipinski definition) is 3. The lowest BCUT2D eigenvalue weighted by Gasteiger charge is -2.27. The van der Waals surface area contributed by atoms with Crippen molar-refractivity contribution in [2.24, 2.45) is 0 Å². The van der Waals surface area contributed by atoms with Gasteiger partial charge in [-0.15, -0.1) is 0 Å². The van der Waals surface area contributed by atoms with Crippen LogP contribution in [0.25, 0.3) is 10.9 Å². The Kier molecular flexibility index (Phi) is 4.07. The van der Waals surface area contributed by atoms with E-state index in [-0.39, 0.29) is 12.5 Å². The van der Waals surface area contributed by atoms with Crippen molar-refractivity contribution in [2.75, 3.05) is 26.3 Å². The Morgan fingerprint density at radius 2 is 2.10 bits per heavy atom. The minimum atomic E-state index is 0.0515.